The Labute approximate surface area is 114 Å². The van der Waals surface area contributed by atoms with Crippen LogP contribution in [0.25, 0.3) is 0 Å². The number of rotatable bonds is 5. The van der Waals surface area contributed by atoms with Crippen LogP contribution in [-0.2, 0) is 13.1 Å². The molecule has 0 amide bonds. The van der Waals surface area contributed by atoms with Gasteiger partial charge in [0.2, 0.25) is 0 Å². The van der Waals surface area contributed by atoms with Gasteiger partial charge in [0.05, 0.1) is 11.0 Å². The van der Waals surface area contributed by atoms with Gasteiger partial charge < -0.3 is 5.32 Å². The number of benzene rings is 1. The molecule has 0 aliphatic heterocycles. The Morgan fingerprint density at radius 3 is 2.74 bits per heavy atom. The summed E-state index contributed by atoms with van der Waals surface area (Å²) in [6.07, 6.45) is 0. The molecule has 2 aromatic rings. The number of halogens is 1. The lowest BCUT2D eigenvalue weighted by Crippen LogP contribution is -2.12. The van der Waals surface area contributed by atoms with Gasteiger partial charge in [-0.05, 0) is 30.7 Å². The maximum absolute atomic E-state index is 13.2. The molecule has 1 N–H and O–H groups in total. The summed E-state index contributed by atoms with van der Waals surface area (Å²) < 4.78 is 13.2. The van der Waals surface area contributed by atoms with Crippen LogP contribution >= 0.6 is 11.3 Å². The van der Waals surface area contributed by atoms with Crippen molar-refractivity contribution in [1.82, 2.24) is 5.32 Å². The van der Waals surface area contributed by atoms with Crippen molar-refractivity contribution in [2.24, 2.45) is 0 Å². The zero-order valence-corrected chi connectivity index (χ0v) is 11.2. The summed E-state index contributed by atoms with van der Waals surface area (Å²) in [4.78, 5) is 12.5. The van der Waals surface area contributed by atoms with Crippen molar-refractivity contribution in [2.75, 3.05) is 0 Å². The highest BCUT2D eigenvalue weighted by molar-refractivity contribution is 7.11. The summed E-state index contributed by atoms with van der Waals surface area (Å²) in [5, 5.41) is 13.8. The summed E-state index contributed by atoms with van der Waals surface area (Å²) >= 11 is 1.69. The molecule has 0 radical (unpaired) electrons. The van der Waals surface area contributed by atoms with E-state index in [2.05, 4.69) is 5.32 Å². The van der Waals surface area contributed by atoms with Crippen LogP contribution < -0.4 is 5.32 Å². The van der Waals surface area contributed by atoms with Crippen LogP contribution in [0.3, 0.4) is 0 Å². The zero-order chi connectivity index (χ0) is 13.8. The van der Waals surface area contributed by atoms with Crippen LogP contribution in [0.1, 0.15) is 15.3 Å². The molecule has 0 atom stereocenters. The molecule has 0 bridgehead atoms. The summed E-state index contributed by atoms with van der Waals surface area (Å²) in [5.41, 5.74) is 0.351. The fraction of sp³-hybridized carbons (Fsp3) is 0.231. The molecule has 2 rings (SSSR count). The van der Waals surface area contributed by atoms with Crippen molar-refractivity contribution in [2.45, 2.75) is 20.0 Å². The third-order valence-electron chi connectivity index (χ3n) is 2.58. The van der Waals surface area contributed by atoms with Crippen LogP contribution in [0.5, 0.6) is 0 Å². The normalized spacial score (nSPS) is 10.6. The number of non-ortho nitro benzene ring substituents is 1. The minimum atomic E-state index is -0.588. The number of nitro groups is 1. The van der Waals surface area contributed by atoms with E-state index in [0.717, 1.165) is 6.07 Å². The standard InChI is InChI=1S/C13H13FN2O2S/c1-9-2-3-13(19-9)8-15-7-10-4-11(14)6-12(5-10)16(17)18/h2-6,15H,7-8H2,1H3. The first-order valence-corrected chi connectivity index (χ1v) is 6.56. The van der Waals surface area contributed by atoms with Gasteiger partial charge in [-0.1, -0.05) is 0 Å². The fourth-order valence-electron chi connectivity index (χ4n) is 1.75. The molecule has 1 heterocycles. The van der Waals surface area contributed by atoms with Crippen molar-refractivity contribution in [3.05, 3.63) is 61.6 Å². The van der Waals surface area contributed by atoms with Gasteiger partial charge >= 0.3 is 0 Å². The van der Waals surface area contributed by atoms with Crippen LogP contribution in [-0.4, -0.2) is 4.92 Å². The average Bonchev–Trinajstić information content (AvgIpc) is 2.74. The van der Waals surface area contributed by atoms with Gasteiger partial charge in [0.1, 0.15) is 5.82 Å². The number of hydrogen-bond donors (Lipinski definition) is 1. The second-order valence-corrected chi connectivity index (χ2v) is 5.56. The number of nitrogens with one attached hydrogen (secondary N) is 1. The zero-order valence-electron chi connectivity index (χ0n) is 10.4. The van der Waals surface area contributed by atoms with Gasteiger partial charge in [0.25, 0.3) is 5.69 Å². The molecule has 0 aliphatic carbocycles. The van der Waals surface area contributed by atoms with Crippen LogP contribution in [0.15, 0.2) is 30.3 Å². The van der Waals surface area contributed by atoms with Crippen LogP contribution in [0, 0.1) is 22.9 Å². The van der Waals surface area contributed by atoms with Crippen molar-refractivity contribution in [1.29, 1.82) is 0 Å². The van der Waals surface area contributed by atoms with Gasteiger partial charge in [-0.15, -0.1) is 11.3 Å². The third-order valence-corrected chi connectivity index (χ3v) is 3.58. The lowest BCUT2D eigenvalue weighted by Gasteiger charge is -2.04. The van der Waals surface area contributed by atoms with E-state index in [-0.39, 0.29) is 5.69 Å². The topological polar surface area (TPSA) is 55.2 Å². The van der Waals surface area contributed by atoms with E-state index in [9.17, 15) is 14.5 Å². The highest BCUT2D eigenvalue weighted by Gasteiger charge is 2.09. The predicted octanol–water partition coefficient (Wildman–Crippen LogP) is 3.39. The molecule has 0 aliphatic rings. The van der Waals surface area contributed by atoms with Gasteiger partial charge in [-0.3, -0.25) is 10.1 Å². The fourth-order valence-corrected chi connectivity index (χ4v) is 2.61. The number of thiophene rings is 1. The van der Waals surface area contributed by atoms with Crippen LogP contribution in [0.4, 0.5) is 10.1 Å². The number of hydrogen-bond acceptors (Lipinski definition) is 4. The minimum absolute atomic E-state index is 0.219. The van der Waals surface area contributed by atoms with Crippen molar-refractivity contribution in [3.63, 3.8) is 0 Å². The maximum Gasteiger partial charge on any atom is 0.272 e. The van der Waals surface area contributed by atoms with Gasteiger partial charge in [0.15, 0.2) is 0 Å². The molecule has 1 aromatic heterocycles. The molecule has 0 fully saturated rings. The summed E-state index contributed by atoms with van der Waals surface area (Å²) in [6, 6.07) is 7.68. The second kappa shape index (κ2) is 5.90. The van der Waals surface area contributed by atoms with Crippen molar-refractivity contribution >= 4 is 17.0 Å². The number of aryl methyl sites for hydroxylation is 1. The molecule has 0 saturated heterocycles. The molecule has 4 nitrogen and oxygen atoms in total. The molecule has 19 heavy (non-hydrogen) atoms. The minimum Gasteiger partial charge on any atom is -0.308 e. The van der Waals surface area contributed by atoms with E-state index in [4.69, 9.17) is 0 Å². The summed E-state index contributed by atoms with van der Waals surface area (Å²) in [7, 11) is 0. The lowest BCUT2D eigenvalue weighted by atomic mass is 10.2. The SMILES string of the molecule is Cc1ccc(CNCc2cc(F)cc([N+](=O)[O-])c2)s1. The quantitative estimate of drug-likeness (QED) is 0.674. The monoisotopic (exact) mass is 280 g/mol. The molecular weight excluding hydrogens is 267 g/mol. The van der Waals surface area contributed by atoms with E-state index < -0.39 is 10.7 Å². The van der Waals surface area contributed by atoms with Crippen LogP contribution in [0.2, 0.25) is 0 Å². The molecule has 0 saturated carbocycles. The van der Waals surface area contributed by atoms with Gasteiger partial charge in [-0.2, -0.15) is 0 Å². The Balaban J connectivity index is 1.97. The number of nitro benzene ring substituents is 1. The molecular formula is C13H13FN2O2S. The molecule has 0 unspecified atom stereocenters. The Morgan fingerprint density at radius 1 is 1.32 bits per heavy atom. The smallest absolute Gasteiger partial charge is 0.272 e. The van der Waals surface area contributed by atoms with Crippen molar-refractivity contribution < 1.29 is 9.31 Å². The third kappa shape index (κ3) is 3.84. The summed E-state index contributed by atoms with van der Waals surface area (Å²) in [6.45, 7) is 3.10. The largest absolute Gasteiger partial charge is 0.308 e. The first-order chi connectivity index (χ1) is 9.04. The van der Waals surface area contributed by atoms with E-state index in [1.54, 1.807) is 11.3 Å². The highest BCUT2D eigenvalue weighted by Crippen LogP contribution is 2.17. The van der Waals surface area contributed by atoms with E-state index in [1.807, 2.05) is 19.1 Å². The first kappa shape index (κ1) is 13.6. The average molecular weight is 280 g/mol. The molecule has 6 heteroatoms. The van der Waals surface area contributed by atoms with Gasteiger partial charge in [-0.25, -0.2) is 4.39 Å². The predicted molar refractivity (Wildman–Crippen MR) is 72.7 cm³/mol. The summed E-state index contributed by atoms with van der Waals surface area (Å²) in [5.74, 6) is -0.585. The van der Waals surface area contributed by atoms with E-state index in [0.29, 0.717) is 18.7 Å². The molecule has 100 valence electrons. The van der Waals surface area contributed by atoms with Crippen molar-refractivity contribution in [3.8, 4) is 0 Å². The highest BCUT2D eigenvalue weighted by atomic mass is 32.1. The Morgan fingerprint density at radius 2 is 2.11 bits per heavy atom. The van der Waals surface area contributed by atoms with Gasteiger partial charge in [0, 0.05) is 28.9 Å². The lowest BCUT2D eigenvalue weighted by molar-refractivity contribution is -0.385. The first-order valence-electron chi connectivity index (χ1n) is 5.74. The number of nitrogens with zero attached hydrogens (tertiary/aromatic N) is 1. The van der Waals surface area contributed by atoms with E-state index >= 15 is 0 Å². The maximum atomic E-state index is 13.2. The Kier molecular flexibility index (Phi) is 4.24. The second-order valence-electron chi connectivity index (χ2n) is 4.19. The Bertz CT molecular complexity index is 598. The Hall–Kier alpha value is -1.79. The molecule has 0 spiro atoms. The van der Waals surface area contributed by atoms with E-state index in [1.165, 1.54) is 21.9 Å². The molecule has 1 aromatic carbocycles.